The molecular weight excluding hydrogens is 284 g/mol. The number of amides is 1. The first kappa shape index (κ1) is 13.7. The van der Waals surface area contributed by atoms with Gasteiger partial charge in [0.1, 0.15) is 16.8 Å². The quantitative estimate of drug-likeness (QED) is 0.914. The lowest BCUT2D eigenvalue weighted by Crippen LogP contribution is -2.16. The average molecular weight is 300 g/mol. The van der Waals surface area contributed by atoms with Crippen molar-refractivity contribution in [3.63, 3.8) is 0 Å². The molecule has 0 spiro atoms. The van der Waals surface area contributed by atoms with Crippen molar-refractivity contribution in [3.05, 3.63) is 34.0 Å². The van der Waals surface area contributed by atoms with Crippen LogP contribution in [-0.4, -0.2) is 10.5 Å². The van der Waals surface area contributed by atoms with Gasteiger partial charge in [0.15, 0.2) is 0 Å². The summed E-state index contributed by atoms with van der Waals surface area (Å²) in [6, 6.07) is 3.89. The first-order valence-electron chi connectivity index (χ1n) is 6.95. The van der Waals surface area contributed by atoms with Gasteiger partial charge in [-0.05, 0) is 37.8 Å². The molecule has 1 aliphatic rings. The van der Waals surface area contributed by atoms with Crippen molar-refractivity contribution in [2.75, 3.05) is 11.1 Å². The van der Waals surface area contributed by atoms with Crippen molar-refractivity contribution in [2.45, 2.75) is 32.7 Å². The summed E-state index contributed by atoms with van der Waals surface area (Å²) in [7, 11) is 0. The minimum Gasteiger partial charge on any atom is -0.397 e. The highest BCUT2D eigenvalue weighted by Crippen LogP contribution is 2.38. The number of carbonyl (C=O) groups excluding carboxylic acids is 1. The van der Waals surface area contributed by atoms with Crippen LogP contribution in [0.5, 0.6) is 0 Å². The van der Waals surface area contributed by atoms with E-state index in [1.54, 1.807) is 16.8 Å². The van der Waals surface area contributed by atoms with E-state index < -0.39 is 0 Å². The van der Waals surface area contributed by atoms with Crippen molar-refractivity contribution in [1.82, 2.24) is 4.57 Å². The van der Waals surface area contributed by atoms with E-state index in [0.29, 0.717) is 28.5 Å². The lowest BCUT2D eigenvalue weighted by molar-refractivity contribution is 0.101. The van der Waals surface area contributed by atoms with E-state index in [0.717, 1.165) is 24.8 Å². The van der Waals surface area contributed by atoms with E-state index in [2.05, 4.69) is 11.4 Å². The minimum absolute atomic E-state index is 0.218. The van der Waals surface area contributed by atoms with Gasteiger partial charge in [0.05, 0.1) is 11.3 Å². The summed E-state index contributed by atoms with van der Waals surface area (Å²) in [5, 5.41) is 12.9. The smallest absolute Gasteiger partial charge is 0.272 e. The zero-order valence-corrected chi connectivity index (χ0v) is 12.6. The molecule has 108 valence electrons. The number of nitrogens with one attached hydrogen (secondary N) is 1. The van der Waals surface area contributed by atoms with Crippen LogP contribution >= 0.6 is 11.3 Å². The molecule has 0 aromatic carbocycles. The Bertz CT molecular complexity index is 751. The Kier molecular flexibility index (Phi) is 3.43. The molecule has 0 saturated carbocycles. The molecule has 2 heterocycles. The van der Waals surface area contributed by atoms with Gasteiger partial charge in [-0.15, -0.1) is 11.3 Å². The Hall–Kier alpha value is -2.26. The fourth-order valence-electron chi connectivity index (χ4n) is 2.76. The van der Waals surface area contributed by atoms with Gasteiger partial charge in [-0.3, -0.25) is 4.79 Å². The number of hydrogen-bond donors (Lipinski definition) is 2. The Morgan fingerprint density at radius 2 is 2.38 bits per heavy atom. The summed E-state index contributed by atoms with van der Waals surface area (Å²) < 4.78 is 1.80. The number of aromatic nitrogens is 1. The average Bonchev–Trinajstić information content (AvgIpc) is 3.12. The monoisotopic (exact) mass is 300 g/mol. The SMILES string of the molecule is CCn1cc(N)cc1C(=O)Nc1sc2c(c1C#N)CCC2. The predicted molar refractivity (Wildman–Crippen MR) is 83.5 cm³/mol. The third-order valence-electron chi connectivity index (χ3n) is 3.75. The van der Waals surface area contributed by atoms with Crippen molar-refractivity contribution in [1.29, 1.82) is 5.26 Å². The first-order chi connectivity index (χ1) is 10.1. The summed E-state index contributed by atoms with van der Waals surface area (Å²) in [6.45, 7) is 2.63. The summed E-state index contributed by atoms with van der Waals surface area (Å²) in [4.78, 5) is 13.6. The fourth-order valence-corrected chi connectivity index (χ4v) is 4.00. The number of aryl methyl sites for hydroxylation is 2. The standard InChI is InChI=1S/C15H16N4OS/c1-2-19-8-9(17)6-12(19)14(20)18-15-11(7-16)10-4-3-5-13(10)21-15/h6,8H,2-5,17H2,1H3,(H,18,20). The third kappa shape index (κ3) is 2.30. The molecular formula is C15H16N4OS. The molecule has 3 rings (SSSR count). The molecule has 5 nitrogen and oxygen atoms in total. The minimum atomic E-state index is -0.218. The van der Waals surface area contributed by atoms with Crippen LogP contribution in [0.1, 0.15) is 39.8 Å². The lowest BCUT2D eigenvalue weighted by atomic mass is 10.1. The van der Waals surface area contributed by atoms with E-state index >= 15 is 0 Å². The van der Waals surface area contributed by atoms with Crippen LogP contribution in [0.4, 0.5) is 10.7 Å². The highest BCUT2D eigenvalue weighted by Gasteiger charge is 2.24. The Balaban J connectivity index is 1.90. The molecule has 0 radical (unpaired) electrons. The number of hydrogen-bond acceptors (Lipinski definition) is 4. The molecule has 0 bridgehead atoms. The van der Waals surface area contributed by atoms with E-state index in [1.807, 2.05) is 6.92 Å². The molecule has 6 heteroatoms. The van der Waals surface area contributed by atoms with Gasteiger partial charge in [-0.1, -0.05) is 0 Å². The third-order valence-corrected chi connectivity index (χ3v) is 4.96. The van der Waals surface area contributed by atoms with Crippen molar-refractivity contribution < 1.29 is 4.79 Å². The maximum absolute atomic E-state index is 12.4. The molecule has 1 aliphatic carbocycles. The van der Waals surface area contributed by atoms with Gasteiger partial charge in [-0.2, -0.15) is 5.26 Å². The number of thiophene rings is 1. The topological polar surface area (TPSA) is 83.8 Å². The molecule has 3 N–H and O–H groups in total. The largest absolute Gasteiger partial charge is 0.397 e. The molecule has 0 aliphatic heterocycles. The molecule has 1 amide bonds. The molecule has 0 atom stereocenters. The summed E-state index contributed by atoms with van der Waals surface area (Å²) in [5.41, 5.74) is 8.58. The number of fused-ring (bicyclic) bond motifs is 1. The van der Waals surface area contributed by atoms with Crippen LogP contribution in [0.3, 0.4) is 0 Å². The normalized spacial score (nSPS) is 13.0. The summed E-state index contributed by atoms with van der Waals surface area (Å²) in [6.07, 6.45) is 4.78. The van der Waals surface area contributed by atoms with E-state index in [4.69, 9.17) is 5.73 Å². The van der Waals surface area contributed by atoms with Gasteiger partial charge >= 0.3 is 0 Å². The lowest BCUT2D eigenvalue weighted by Gasteiger charge is -2.06. The van der Waals surface area contributed by atoms with Gasteiger partial charge < -0.3 is 15.6 Å². The Morgan fingerprint density at radius 1 is 1.57 bits per heavy atom. The highest BCUT2D eigenvalue weighted by molar-refractivity contribution is 7.16. The van der Waals surface area contributed by atoms with Crippen LogP contribution in [0.15, 0.2) is 12.3 Å². The van der Waals surface area contributed by atoms with Crippen LogP contribution in [-0.2, 0) is 19.4 Å². The number of anilines is 2. The second kappa shape index (κ2) is 5.26. The van der Waals surface area contributed by atoms with E-state index in [1.165, 1.54) is 16.2 Å². The predicted octanol–water partition coefficient (Wildman–Crippen LogP) is 2.76. The number of nitriles is 1. The van der Waals surface area contributed by atoms with Crippen molar-refractivity contribution in [3.8, 4) is 6.07 Å². The summed E-state index contributed by atoms with van der Waals surface area (Å²) in [5.74, 6) is -0.218. The van der Waals surface area contributed by atoms with Crippen LogP contribution in [0, 0.1) is 11.3 Å². The highest BCUT2D eigenvalue weighted by atomic mass is 32.1. The van der Waals surface area contributed by atoms with Crippen LogP contribution < -0.4 is 11.1 Å². The maximum atomic E-state index is 12.4. The van der Waals surface area contributed by atoms with Gasteiger partial charge in [0, 0.05) is 17.6 Å². The number of rotatable bonds is 3. The zero-order chi connectivity index (χ0) is 15.0. The maximum Gasteiger partial charge on any atom is 0.272 e. The van der Waals surface area contributed by atoms with Crippen LogP contribution in [0.2, 0.25) is 0 Å². The first-order valence-corrected chi connectivity index (χ1v) is 7.77. The molecule has 21 heavy (non-hydrogen) atoms. The number of nitrogens with two attached hydrogens (primary N) is 1. The second-order valence-corrected chi connectivity index (χ2v) is 6.18. The zero-order valence-electron chi connectivity index (χ0n) is 11.8. The molecule has 0 fully saturated rings. The number of nitrogen functional groups attached to an aromatic ring is 1. The number of carbonyl (C=O) groups is 1. The molecule has 0 saturated heterocycles. The second-order valence-electron chi connectivity index (χ2n) is 5.07. The van der Waals surface area contributed by atoms with E-state index in [-0.39, 0.29) is 5.91 Å². The Labute approximate surface area is 127 Å². The molecule has 2 aromatic rings. The van der Waals surface area contributed by atoms with Crippen LogP contribution in [0.25, 0.3) is 0 Å². The number of nitrogens with zero attached hydrogens (tertiary/aromatic N) is 2. The van der Waals surface area contributed by atoms with Gasteiger partial charge in [-0.25, -0.2) is 0 Å². The van der Waals surface area contributed by atoms with Crippen molar-refractivity contribution in [2.24, 2.45) is 0 Å². The van der Waals surface area contributed by atoms with Gasteiger partial charge in [0.2, 0.25) is 0 Å². The van der Waals surface area contributed by atoms with Gasteiger partial charge in [0.25, 0.3) is 5.91 Å². The van der Waals surface area contributed by atoms with E-state index in [9.17, 15) is 10.1 Å². The molecule has 0 unspecified atom stereocenters. The fraction of sp³-hybridized carbons (Fsp3) is 0.333. The van der Waals surface area contributed by atoms with Crippen molar-refractivity contribution >= 4 is 27.9 Å². The summed E-state index contributed by atoms with van der Waals surface area (Å²) >= 11 is 1.52. The molecule has 2 aromatic heterocycles. The Morgan fingerprint density at radius 3 is 3.10 bits per heavy atom.